The lowest BCUT2D eigenvalue weighted by molar-refractivity contribution is -0.688. The van der Waals surface area contributed by atoms with Crippen LogP contribution in [0.2, 0.25) is 0 Å². The molecule has 5 aromatic rings. The van der Waals surface area contributed by atoms with Crippen molar-refractivity contribution < 1.29 is 4.57 Å². The molecule has 180 valence electrons. The molecule has 0 aliphatic carbocycles. The fourth-order valence-corrected chi connectivity index (χ4v) is 5.04. The van der Waals surface area contributed by atoms with Crippen LogP contribution in [0.3, 0.4) is 0 Å². The van der Waals surface area contributed by atoms with Crippen LogP contribution in [0.5, 0.6) is 0 Å². The molecule has 0 spiro atoms. The molecule has 1 heterocycles. The third-order valence-corrected chi connectivity index (χ3v) is 6.85. The van der Waals surface area contributed by atoms with E-state index in [1.807, 2.05) is 0 Å². The highest BCUT2D eigenvalue weighted by Crippen LogP contribution is 2.28. The van der Waals surface area contributed by atoms with Crippen molar-refractivity contribution in [2.24, 2.45) is 0 Å². The van der Waals surface area contributed by atoms with Crippen molar-refractivity contribution in [1.82, 2.24) is 0 Å². The zero-order chi connectivity index (χ0) is 24.7. The van der Waals surface area contributed by atoms with Crippen molar-refractivity contribution in [1.29, 1.82) is 0 Å². The number of aromatic nitrogens is 1. The van der Waals surface area contributed by atoms with E-state index in [9.17, 15) is 0 Å². The molecule has 0 saturated carbocycles. The second-order valence-corrected chi connectivity index (χ2v) is 9.51. The minimum Gasteiger partial charge on any atom is -0.372 e. The van der Waals surface area contributed by atoms with Gasteiger partial charge in [0.2, 0.25) is 0 Å². The Hall–Kier alpha value is -3.91. The van der Waals surface area contributed by atoms with Crippen LogP contribution in [0, 0.1) is 0 Å². The maximum Gasteiger partial charge on any atom is 0.175 e. The molecule has 0 fully saturated rings. The van der Waals surface area contributed by atoms with Crippen molar-refractivity contribution in [3.05, 3.63) is 120 Å². The second-order valence-electron chi connectivity index (χ2n) is 9.51. The van der Waals surface area contributed by atoms with Gasteiger partial charge in [-0.3, -0.25) is 0 Å². The fraction of sp³-hybridized carbons (Fsp3) is 0.206. The summed E-state index contributed by atoms with van der Waals surface area (Å²) < 4.78 is 2.27. The lowest BCUT2D eigenvalue weighted by atomic mass is 9.96. The van der Waals surface area contributed by atoms with Crippen LogP contribution < -0.4 is 9.47 Å². The van der Waals surface area contributed by atoms with E-state index in [1.165, 1.54) is 56.8 Å². The number of hydrogen-bond acceptors (Lipinski definition) is 1. The largest absolute Gasteiger partial charge is 0.372 e. The maximum absolute atomic E-state index is 2.47. The molecule has 36 heavy (non-hydrogen) atoms. The van der Waals surface area contributed by atoms with Gasteiger partial charge in [0.1, 0.15) is 0 Å². The van der Waals surface area contributed by atoms with Crippen LogP contribution in [-0.4, -0.2) is 13.1 Å². The Morgan fingerprint density at radius 2 is 1.17 bits per heavy atom. The van der Waals surface area contributed by atoms with Gasteiger partial charge in [-0.25, -0.2) is 4.57 Å². The molecule has 0 saturated heterocycles. The van der Waals surface area contributed by atoms with Gasteiger partial charge < -0.3 is 4.90 Å². The van der Waals surface area contributed by atoms with Gasteiger partial charge in [0.15, 0.2) is 18.9 Å². The summed E-state index contributed by atoms with van der Waals surface area (Å²) in [6.45, 7) is 7.56. The first-order valence-electron chi connectivity index (χ1n) is 13.2. The van der Waals surface area contributed by atoms with Gasteiger partial charge in [0.25, 0.3) is 0 Å². The average Bonchev–Trinajstić information content (AvgIpc) is 2.93. The molecular weight excluding hydrogens is 436 g/mol. The molecule has 2 nitrogen and oxygen atoms in total. The number of fused-ring (bicyclic) bond motifs is 2. The normalized spacial score (nSPS) is 11.5. The van der Waals surface area contributed by atoms with Crippen LogP contribution in [-0.2, 0) is 6.54 Å². The van der Waals surface area contributed by atoms with Crippen LogP contribution in [0.4, 0.5) is 5.69 Å². The summed E-state index contributed by atoms with van der Waals surface area (Å²) in [6, 6.07) is 33.0. The molecule has 0 bridgehead atoms. The van der Waals surface area contributed by atoms with Gasteiger partial charge in [0.05, 0.1) is 0 Å². The highest BCUT2D eigenvalue weighted by atomic mass is 15.1. The average molecular weight is 472 g/mol. The van der Waals surface area contributed by atoms with Gasteiger partial charge in [0, 0.05) is 36.5 Å². The predicted octanol–water partition coefficient (Wildman–Crippen LogP) is 8.13. The van der Waals surface area contributed by atoms with Crippen molar-refractivity contribution in [3.63, 3.8) is 0 Å². The molecule has 5 rings (SSSR count). The minimum atomic E-state index is 0.847. The van der Waals surface area contributed by atoms with Crippen molar-refractivity contribution >= 4 is 39.4 Å². The summed E-state index contributed by atoms with van der Waals surface area (Å²) in [4.78, 5) is 2.47. The van der Waals surface area contributed by atoms with Crippen LogP contribution in [0.15, 0.2) is 103 Å². The Labute approximate surface area is 215 Å². The van der Waals surface area contributed by atoms with Gasteiger partial charge in [-0.15, -0.1) is 0 Å². The molecule has 0 amide bonds. The minimum absolute atomic E-state index is 0.847. The van der Waals surface area contributed by atoms with Crippen molar-refractivity contribution in [2.75, 3.05) is 18.0 Å². The summed E-state index contributed by atoms with van der Waals surface area (Å²) in [5, 5.41) is 5.25. The Bertz CT molecular complexity index is 1400. The van der Waals surface area contributed by atoms with Crippen LogP contribution >= 0.6 is 0 Å². The Kier molecular flexibility index (Phi) is 7.42. The smallest absolute Gasteiger partial charge is 0.175 e. The molecule has 0 N–H and O–H groups in total. The van der Waals surface area contributed by atoms with E-state index < -0.39 is 0 Å². The molecule has 0 radical (unpaired) electrons. The highest BCUT2D eigenvalue weighted by molar-refractivity contribution is 6.02. The molecule has 0 aliphatic rings. The number of anilines is 1. The quantitative estimate of drug-likeness (QED) is 0.155. The van der Waals surface area contributed by atoms with Crippen LogP contribution in [0.1, 0.15) is 43.4 Å². The standard InChI is InChI=1S/C34H35N2/c1-3-21-36(22-4-2)31-17-15-27(16-18-31)13-14-28-19-23-35(24-20-28)26-34-32-11-7-5-9-29(32)25-30-10-6-8-12-33(30)34/h5-20,23-25H,3-4,21-22,26H2,1-2H3/q+1. The van der Waals surface area contributed by atoms with E-state index in [0.29, 0.717) is 0 Å². The highest BCUT2D eigenvalue weighted by Gasteiger charge is 2.12. The number of hydrogen-bond donors (Lipinski definition) is 0. The molecule has 0 unspecified atom stereocenters. The lowest BCUT2D eigenvalue weighted by Crippen LogP contribution is -2.33. The number of rotatable bonds is 9. The van der Waals surface area contributed by atoms with Gasteiger partial charge >= 0.3 is 0 Å². The zero-order valence-corrected chi connectivity index (χ0v) is 21.4. The van der Waals surface area contributed by atoms with E-state index in [0.717, 1.165) is 19.6 Å². The first-order valence-corrected chi connectivity index (χ1v) is 13.2. The third kappa shape index (κ3) is 5.33. The number of benzene rings is 4. The molecule has 2 heteroatoms. The summed E-state index contributed by atoms with van der Waals surface area (Å²) >= 11 is 0. The van der Waals surface area contributed by atoms with Crippen molar-refractivity contribution in [2.45, 2.75) is 33.2 Å². The SMILES string of the molecule is CCCN(CCC)c1ccc(/C=C/c2cc[n+](Cc3c4ccccc4cc4ccccc34)cc2)cc1. The fourth-order valence-electron chi connectivity index (χ4n) is 5.04. The van der Waals surface area contributed by atoms with E-state index in [4.69, 9.17) is 0 Å². The van der Waals surface area contributed by atoms with E-state index in [1.54, 1.807) is 0 Å². The molecular formula is C34H35N2+. The molecule has 4 aromatic carbocycles. The summed E-state index contributed by atoms with van der Waals surface area (Å²) in [5.41, 5.74) is 5.12. The Morgan fingerprint density at radius 1 is 0.639 bits per heavy atom. The van der Waals surface area contributed by atoms with Gasteiger partial charge in [-0.1, -0.05) is 86.7 Å². The van der Waals surface area contributed by atoms with Crippen LogP contribution in [0.25, 0.3) is 33.7 Å². The monoisotopic (exact) mass is 471 g/mol. The van der Waals surface area contributed by atoms with Gasteiger partial charge in [-0.2, -0.15) is 0 Å². The van der Waals surface area contributed by atoms with E-state index in [-0.39, 0.29) is 0 Å². The number of pyridine rings is 1. The molecule has 1 aromatic heterocycles. The van der Waals surface area contributed by atoms with Gasteiger partial charge in [-0.05, 0) is 63.7 Å². The van der Waals surface area contributed by atoms with E-state index >= 15 is 0 Å². The maximum atomic E-state index is 2.47. The van der Waals surface area contributed by atoms with E-state index in [2.05, 4.69) is 139 Å². The van der Waals surface area contributed by atoms with Crippen molar-refractivity contribution in [3.8, 4) is 0 Å². The molecule has 0 aliphatic heterocycles. The number of nitrogens with zero attached hydrogens (tertiary/aromatic N) is 2. The summed E-state index contributed by atoms with van der Waals surface area (Å²) in [5.74, 6) is 0. The topological polar surface area (TPSA) is 7.12 Å². The first-order chi connectivity index (χ1) is 17.7. The predicted molar refractivity (Wildman–Crippen MR) is 155 cm³/mol. The zero-order valence-electron chi connectivity index (χ0n) is 21.4. The first kappa shape index (κ1) is 23.8. The summed E-state index contributed by atoms with van der Waals surface area (Å²) in [6.07, 6.45) is 11.1. The molecule has 0 atom stereocenters. The Morgan fingerprint density at radius 3 is 1.72 bits per heavy atom. The summed E-state index contributed by atoms with van der Waals surface area (Å²) in [7, 11) is 0. The third-order valence-electron chi connectivity index (χ3n) is 6.85. The Balaban J connectivity index is 1.33. The second kappa shape index (κ2) is 11.2. The lowest BCUT2D eigenvalue weighted by Gasteiger charge is -2.23.